The van der Waals surface area contributed by atoms with E-state index in [-0.39, 0.29) is 5.75 Å². The summed E-state index contributed by atoms with van der Waals surface area (Å²) in [5.41, 5.74) is 0. The lowest BCUT2D eigenvalue weighted by molar-refractivity contribution is 0.145. The van der Waals surface area contributed by atoms with Crippen molar-refractivity contribution in [2.24, 2.45) is 0 Å². The summed E-state index contributed by atoms with van der Waals surface area (Å²) in [4.78, 5) is 2.32. The molecule has 0 spiro atoms. The van der Waals surface area contributed by atoms with Gasteiger partial charge in [0.25, 0.3) is 0 Å². The standard InChI is InChI=1S/C14H30N2O2S/c1-6-7-13-11-16(12(2)10-15-13)8-9-19(17,18)14(3,4)5/h12-13,15H,6-11H2,1-5H3. The van der Waals surface area contributed by atoms with Crippen molar-refractivity contribution in [3.8, 4) is 0 Å². The summed E-state index contributed by atoms with van der Waals surface area (Å²) in [7, 11) is -3.01. The van der Waals surface area contributed by atoms with Crippen molar-refractivity contribution in [1.29, 1.82) is 0 Å². The van der Waals surface area contributed by atoms with E-state index in [9.17, 15) is 8.42 Å². The van der Waals surface area contributed by atoms with E-state index in [1.54, 1.807) is 20.8 Å². The van der Waals surface area contributed by atoms with Crippen LogP contribution in [0.3, 0.4) is 0 Å². The fourth-order valence-corrected chi connectivity index (χ4v) is 3.48. The third-order valence-electron chi connectivity index (χ3n) is 4.00. The topological polar surface area (TPSA) is 49.4 Å². The molecule has 0 saturated carbocycles. The van der Waals surface area contributed by atoms with Gasteiger partial charge in [0.15, 0.2) is 9.84 Å². The molecule has 4 nitrogen and oxygen atoms in total. The molecule has 1 saturated heterocycles. The van der Waals surface area contributed by atoms with Crippen LogP contribution in [0.15, 0.2) is 0 Å². The van der Waals surface area contributed by atoms with Crippen LogP contribution in [0, 0.1) is 0 Å². The number of nitrogens with one attached hydrogen (secondary N) is 1. The van der Waals surface area contributed by atoms with Crippen LogP contribution in [0.25, 0.3) is 0 Å². The molecule has 19 heavy (non-hydrogen) atoms. The average molecular weight is 290 g/mol. The molecule has 0 radical (unpaired) electrons. The number of nitrogens with zero attached hydrogens (tertiary/aromatic N) is 1. The Kier molecular flexibility index (Phi) is 5.83. The van der Waals surface area contributed by atoms with E-state index in [4.69, 9.17) is 0 Å². The Morgan fingerprint density at radius 1 is 1.32 bits per heavy atom. The van der Waals surface area contributed by atoms with E-state index < -0.39 is 14.6 Å². The van der Waals surface area contributed by atoms with E-state index in [0.717, 1.165) is 19.5 Å². The molecule has 114 valence electrons. The van der Waals surface area contributed by atoms with Crippen molar-refractivity contribution < 1.29 is 8.42 Å². The molecule has 1 fully saturated rings. The van der Waals surface area contributed by atoms with Gasteiger partial charge in [-0.3, -0.25) is 4.90 Å². The Bertz CT molecular complexity index is 373. The van der Waals surface area contributed by atoms with Gasteiger partial charge in [0.05, 0.1) is 10.5 Å². The number of piperazine rings is 1. The first-order chi connectivity index (χ1) is 8.67. The Morgan fingerprint density at radius 2 is 1.95 bits per heavy atom. The Labute approximate surface area is 118 Å². The Hall–Kier alpha value is -0.130. The predicted octanol–water partition coefficient (Wildman–Crippen LogP) is 1.66. The smallest absolute Gasteiger partial charge is 0.156 e. The van der Waals surface area contributed by atoms with E-state index in [0.29, 0.717) is 18.6 Å². The van der Waals surface area contributed by atoms with E-state index in [2.05, 4.69) is 24.1 Å². The fourth-order valence-electron chi connectivity index (χ4n) is 2.39. The summed E-state index contributed by atoms with van der Waals surface area (Å²) in [6, 6.07) is 0.932. The van der Waals surface area contributed by atoms with Gasteiger partial charge in [0, 0.05) is 31.7 Å². The molecule has 0 amide bonds. The second-order valence-electron chi connectivity index (χ2n) is 6.67. The SMILES string of the molecule is CCCC1CN(CCS(=O)(=O)C(C)(C)C)C(C)CN1. The van der Waals surface area contributed by atoms with Crippen LogP contribution in [0.2, 0.25) is 0 Å². The maximum atomic E-state index is 12.2. The van der Waals surface area contributed by atoms with Crippen molar-refractivity contribution in [3.05, 3.63) is 0 Å². The highest BCUT2D eigenvalue weighted by atomic mass is 32.2. The lowest BCUT2D eigenvalue weighted by Gasteiger charge is -2.39. The van der Waals surface area contributed by atoms with Crippen LogP contribution in [0.5, 0.6) is 0 Å². The van der Waals surface area contributed by atoms with Gasteiger partial charge in [0.1, 0.15) is 0 Å². The molecule has 0 aromatic heterocycles. The average Bonchev–Trinajstić information content (AvgIpc) is 2.29. The molecule has 5 heteroatoms. The predicted molar refractivity (Wildman–Crippen MR) is 81.3 cm³/mol. The first-order valence-electron chi connectivity index (χ1n) is 7.37. The van der Waals surface area contributed by atoms with Gasteiger partial charge in [-0.2, -0.15) is 0 Å². The zero-order chi connectivity index (χ0) is 14.7. The normalized spacial score (nSPS) is 26.6. The number of sulfone groups is 1. The van der Waals surface area contributed by atoms with E-state index >= 15 is 0 Å². The quantitative estimate of drug-likeness (QED) is 0.836. The number of hydrogen-bond acceptors (Lipinski definition) is 4. The second kappa shape index (κ2) is 6.55. The van der Waals surface area contributed by atoms with Gasteiger partial charge in [0.2, 0.25) is 0 Å². The number of hydrogen-bond donors (Lipinski definition) is 1. The van der Waals surface area contributed by atoms with Crippen molar-refractivity contribution in [3.63, 3.8) is 0 Å². The molecule has 0 aromatic rings. The van der Waals surface area contributed by atoms with E-state index in [1.165, 1.54) is 6.42 Å². The summed E-state index contributed by atoms with van der Waals surface area (Å²) >= 11 is 0. The maximum absolute atomic E-state index is 12.2. The highest BCUT2D eigenvalue weighted by Crippen LogP contribution is 2.17. The molecule has 0 aromatic carbocycles. The van der Waals surface area contributed by atoms with Crippen LogP contribution < -0.4 is 5.32 Å². The highest BCUT2D eigenvalue weighted by Gasteiger charge is 2.31. The third kappa shape index (κ3) is 4.72. The molecular formula is C14H30N2O2S. The highest BCUT2D eigenvalue weighted by molar-refractivity contribution is 7.92. The van der Waals surface area contributed by atoms with Crippen molar-refractivity contribution in [2.75, 3.05) is 25.4 Å². The molecule has 1 aliphatic heterocycles. The maximum Gasteiger partial charge on any atom is 0.156 e. The fraction of sp³-hybridized carbons (Fsp3) is 1.00. The van der Waals surface area contributed by atoms with Crippen molar-refractivity contribution >= 4 is 9.84 Å². The zero-order valence-corrected chi connectivity index (χ0v) is 13.9. The van der Waals surface area contributed by atoms with Crippen LogP contribution in [0.1, 0.15) is 47.5 Å². The minimum Gasteiger partial charge on any atom is -0.311 e. The molecular weight excluding hydrogens is 260 g/mol. The largest absolute Gasteiger partial charge is 0.311 e. The van der Waals surface area contributed by atoms with Gasteiger partial charge in [-0.1, -0.05) is 13.3 Å². The first-order valence-corrected chi connectivity index (χ1v) is 9.02. The summed E-state index contributed by atoms with van der Waals surface area (Å²) in [6.07, 6.45) is 2.33. The molecule has 1 aliphatic rings. The van der Waals surface area contributed by atoms with E-state index in [1.807, 2.05) is 0 Å². The molecule has 1 N–H and O–H groups in total. The van der Waals surface area contributed by atoms with Crippen LogP contribution >= 0.6 is 0 Å². The zero-order valence-electron chi connectivity index (χ0n) is 13.1. The second-order valence-corrected chi connectivity index (χ2v) is 9.53. The Morgan fingerprint density at radius 3 is 2.47 bits per heavy atom. The minimum absolute atomic E-state index is 0.264. The third-order valence-corrected chi connectivity index (χ3v) is 6.58. The van der Waals surface area contributed by atoms with Crippen LogP contribution in [-0.2, 0) is 9.84 Å². The summed E-state index contributed by atoms with van der Waals surface area (Å²) in [5, 5.41) is 3.54. The lowest BCUT2D eigenvalue weighted by atomic mass is 10.1. The summed E-state index contributed by atoms with van der Waals surface area (Å²) in [6.45, 7) is 12.3. The molecule has 1 rings (SSSR count). The van der Waals surface area contributed by atoms with Crippen molar-refractivity contribution in [2.45, 2.75) is 64.3 Å². The summed E-state index contributed by atoms with van der Waals surface area (Å²) < 4.78 is 23.7. The van der Waals surface area contributed by atoms with Gasteiger partial charge in [-0.25, -0.2) is 8.42 Å². The molecule has 0 aliphatic carbocycles. The van der Waals surface area contributed by atoms with Gasteiger partial charge in [-0.15, -0.1) is 0 Å². The lowest BCUT2D eigenvalue weighted by Crippen LogP contribution is -2.56. The Balaban J connectivity index is 2.56. The monoisotopic (exact) mass is 290 g/mol. The molecule has 2 atom stereocenters. The van der Waals surface area contributed by atoms with Gasteiger partial charge < -0.3 is 5.32 Å². The first kappa shape index (κ1) is 16.9. The number of rotatable bonds is 5. The molecule has 0 bridgehead atoms. The van der Waals surface area contributed by atoms with Gasteiger partial charge in [-0.05, 0) is 34.1 Å². The minimum atomic E-state index is -3.01. The van der Waals surface area contributed by atoms with Crippen LogP contribution in [-0.4, -0.2) is 55.5 Å². The van der Waals surface area contributed by atoms with Gasteiger partial charge >= 0.3 is 0 Å². The van der Waals surface area contributed by atoms with Crippen LogP contribution in [0.4, 0.5) is 0 Å². The van der Waals surface area contributed by atoms with Crippen molar-refractivity contribution in [1.82, 2.24) is 10.2 Å². The molecule has 2 unspecified atom stereocenters. The summed E-state index contributed by atoms with van der Waals surface area (Å²) in [5.74, 6) is 0.264. The molecule has 1 heterocycles.